The molecular weight excluding hydrogens is 377 g/mol. The molecule has 3 rings (SSSR count). The molecule has 2 N–H and O–H groups in total. The summed E-state index contributed by atoms with van der Waals surface area (Å²) in [5.41, 5.74) is 5.93. The van der Waals surface area contributed by atoms with Crippen LogP contribution < -0.4 is 21.6 Å². The van der Waals surface area contributed by atoms with Gasteiger partial charge in [0.25, 0.3) is 0 Å². The first-order valence-electron chi connectivity index (χ1n) is 8.30. The fraction of sp³-hybridized carbons (Fsp3) is 0.143. The van der Waals surface area contributed by atoms with Gasteiger partial charge in [0.1, 0.15) is 0 Å². The third-order valence-corrected chi connectivity index (χ3v) is 14.7. The molecule has 0 spiro atoms. The molecule has 0 saturated heterocycles. The van der Waals surface area contributed by atoms with Gasteiger partial charge in [0.05, 0.1) is 0 Å². The number of rotatable bonds is 6. The topological polar surface area (TPSA) is 26.0 Å². The Hall–Kier alpha value is -1.47. The summed E-state index contributed by atoms with van der Waals surface area (Å²) in [5.74, 6) is 0. The predicted molar refractivity (Wildman–Crippen MR) is 113 cm³/mol. The number of nitrogens with two attached hydrogens (primary N) is 1. The van der Waals surface area contributed by atoms with Gasteiger partial charge in [0.15, 0.2) is 0 Å². The van der Waals surface area contributed by atoms with Gasteiger partial charge in [0, 0.05) is 0 Å². The molecule has 0 heterocycles. The van der Waals surface area contributed by atoms with Gasteiger partial charge in [-0.25, -0.2) is 0 Å². The molecule has 3 aromatic carbocycles. The van der Waals surface area contributed by atoms with Crippen molar-refractivity contribution in [3.8, 4) is 0 Å². The van der Waals surface area contributed by atoms with Crippen molar-refractivity contribution in [2.75, 3.05) is 12.7 Å². The molecule has 0 amide bonds. The molecule has 3 heteroatoms. The van der Waals surface area contributed by atoms with E-state index in [-0.39, 0.29) is 0 Å². The molecule has 1 nitrogen and oxygen atoms in total. The minimum absolute atomic E-state index is 0.690. The Kier molecular flexibility index (Phi) is 5.20. The molecule has 0 atom stereocenters. The quantitative estimate of drug-likeness (QED) is 0.618. The molecule has 0 aliphatic heterocycles. The van der Waals surface area contributed by atoms with Crippen LogP contribution in [-0.4, -0.2) is 12.7 Å². The van der Waals surface area contributed by atoms with Crippen LogP contribution in [0.4, 0.5) is 0 Å². The standard InChI is InChI=1S/C21H23BrNP/c22-24(18-10-17-23,19-11-4-1-5-12-19,20-13-6-2-7-14-20)21-15-8-3-9-16-21/h1-9,11-16H,10,17-18,23H2. The molecule has 0 bridgehead atoms. The zero-order valence-corrected chi connectivity index (χ0v) is 16.2. The summed E-state index contributed by atoms with van der Waals surface area (Å²) >= 11 is 4.39. The maximum atomic E-state index is 5.93. The fourth-order valence-electron chi connectivity index (χ4n) is 3.44. The molecule has 3 aromatic rings. The van der Waals surface area contributed by atoms with E-state index < -0.39 is 5.31 Å². The average Bonchev–Trinajstić information content (AvgIpc) is 2.68. The van der Waals surface area contributed by atoms with Crippen molar-refractivity contribution in [2.45, 2.75) is 6.42 Å². The van der Waals surface area contributed by atoms with Crippen molar-refractivity contribution >= 4 is 36.7 Å². The fourth-order valence-corrected chi connectivity index (χ4v) is 11.1. The molecular formula is C21H23BrNP. The Morgan fingerprint density at radius 1 is 0.625 bits per heavy atom. The SMILES string of the molecule is NCCCP(Br)(c1ccccc1)(c1ccccc1)c1ccccc1. The van der Waals surface area contributed by atoms with Crippen LogP contribution in [0.15, 0.2) is 91.0 Å². The van der Waals surface area contributed by atoms with Crippen molar-refractivity contribution in [2.24, 2.45) is 5.73 Å². The van der Waals surface area contributed by atoms with Crippen molar-refractivity contribution < 1.29 is 0 Å². The Labute approximate surface area is 152 Å². The van der Waals surface area contributed by atoms with Crippen molar-refractivity contribution in [1.82, 2.24) is 0 Å². The number of hydrogen-bond acceptors (Lipinski definition) is 1. The van der Waals surface area contributed by atoms with Crippen LogP contribution >= 0.6 is 20.8 Å². The summed E-state index contributed by atoms with van der Waals surface area (Å²) in [4.78, 5) is 0. The van der Waals surface area contributed by atoms with Gasteiger partial charge in [-0.2, -0.15) is 0 Å². The van der Waals surface area contributed by atoms with Crippen molar-refractivity contribution in [1.29, 1.82) is 0 Å². The first-order valence-corrected chi connectivity index (χ1v) is 12.7. The van der Waals surface area contributed by atoms with Crippen LogP contribution in [0.3, 0.4) is 0 Å². The maximum absolute atomic E-state index is 5.93. The van der Waals surface area contributed by atoms with Crippen molar-refractivity contribution in [3.63, 3.8) is 0 Å². The van der Waals surface area contributed by atoms with E-state index in [9.17, 15) is 0 Å². The number of hydrogen-bond donors (Lipinski definition) is 1. The summed E-state index contributed by atoms with van der Waals surface area (Å²) in [7, 11) is 0. The molecule has 0 fully saturated rings. The molecule has 0 radical (unpaired) electrons. The zero-order chi connectivity index (χ0) is 16.9. The van der Waals surface area contributed by atoms with E-state index >= 15 is 0 Å². The average molecular weight is 400 g/mol. The van der Waals surface area contributed by atoms with Crippen LogP contribution in [0.1, 0.15) is 6.42 Å². The van der Waals surface area contributed by atoms with E-state index in [0.29, 0.717) is 6.54 Å². The normalized spacial score (nSPS) is 13.2. The molecule has 124 valence electrons. The van der Waals surface area contributed by atoms with Gasteiger partial charge in [0.2, 0.25) is 0 Å². The van der Waals surface area contributed by atoms with Crippen LogP contribution in [0.5, 0.6) is 0 Å². The van der Waals surface area contributed by atoms with E-state index in [1.54, 1.807) is 0 Å². The Balaban J connectivity index is 2.37. The summed E-state index contributed by atoms with van der Waals surface area (Å²) in [6.07, 6.45) is 1.99. The Morgan fingerprint density at radius 3 is 1.25 bits per heavy atom. The van der Waals surface area contributed by atoms with Gasteiger partial charge in [-0.1, -0.05) is 0 Å². The monoisotopic (exact) mass is 399 g/mol. The number of benzene rings is 3. The van der Waals surface area contributed by atoms with Crippen molar-refractivity contribution in [3.05, 3.63) is 91.0 Å². The second-order valence-corrected chi connectivity index (χ2v) is 15.1. The van der Waals surface area contributed by atoms with Gasteiger partial charge in [-0.3, -0.25) is 0 Å². The van der Waals surface area contributed by atoms with Gasteiger partial charge >= 0.3 is 153 Å². The second kappa shape index (κ2) is 7.19. The van der Waals surface area contributed by atoms with E-state index in [1.807, 2.05) is 0 Å². The first-order chi connectivity index (χ1) is 11.7. The van der Waals surface area contributed by atoms with E-state index in [0.717, 1.165) is 12.6 Å². The van der Waals surface area contributed by atoms with Crippen LogP contribution in [0, 0.1) is 0 Å². The van der Waals surface area contributed by atoms with Gasteiger partial charge in [-0.15, -0.1) is 0 Å². The zero-order valence-electron chi connectivity index (χ0n) is 13.7. The molecule has 24 heavy (non-hydrogen) atoms. The first kappa shape index (κ1) is 17.4. The Morgan fingerprint density at radius 2 is 0.958 bits per heavy atom. The molecule has 0 unspecified atom stereocenters. The molecule has 0 aliphatic carbocycles. The summed E-state index contributed by atoms with van der Waals surface area (Å²) < 4.78 is 0. The van der Waals surface area contributed by atoms with Crippen LogP contribution in [-0.2, 0) is 0 Å². The predicted octanol–water partition coefficient (Wildman–Crippen LogP) is 4.17. The summed E-state index contributed by atoms with van der Waals surface area (Å²) in [6.45, 7) is 0.690. The van der Waals surface area contributed by atoms with Gasteiger partial charge in [-0.05, 0) is 0 Å². The van der Waals surface area contributed by atoms with Crippen LogP contribution in [0.25, 0.3) is 0 Å². The molecule has 0 saturated carbocycles. The Bertz CT molecular complexity index is 675. The second-order valence-electron chi connectivity index (χ2n) is 6.06. The van der Waals surface area contributed by atoms with Gasteiger partial charge < -0.3 is 0 Å². The van der Waals surface area contributed by atoms with E-state index in [1.165, 1.54) is 15.9 Å². The van der Waals surface area contributed by atoms with E-state index in [2.05, 4.69) is 106 Å². The third-order valence-electron chi connectivity index (χ3n) is 4.67. The third kappa shape index (κ3) is 2.84. The summed E-state index contributed by atoms with van der Waals surface area (Å²) in [5, 5.41) is 1.35. The minimum atomic E-state index is -2.72. The molecule has 0 aromatic heterocycles. The van der Waals surface area contributed by atoms with E-state index in [4.69, 9.17) is 5.73 Å². The summed E-state index contributed by atoms with van der Waals surface area (Å²) in [6, 6.07) is 32.5. The number of halogens is 1. The van der Waals surface area contributed by atoms with Crippen LogP contribution in [0.2, 0.25) is 0 Å². The molecule has 0 aliphatic rings.